The van der Waals surface area contributed by atoms with Gasteiger partial charge in [-0.3, -0.25) is 4.99 Å². The standard InChI is InChI=1S/C15H25N3O4/c1-16-15(17-7-8-22-10-9-19-2)18-12-5-6-13(20-3)14(11-12)21-4/h5-6,11H,7-10H2,1-4H3,(H2,16,17,18). The Morgan fingerprint density at radius 1 is 1.05 bits per heavy atom. The van der Waals surface area contributed by atoms with Crippen LogP contribution in [0.15, 0.2) is 23.2 Å². The molecule has 0 aliphatic rings. The van der Waals surface area contributed by atoms with Crippen LogP contribution in [0, 0.1) is 0 Å². The second-order valence-electron chi connectivity index (χ2n) is 4.30. The molecule has 0 bridgehead atoms. The van der Waals surface area contributed by atoms with Gasteiger partial charge in [-0.15, -0.1) is 0 Å². The molecule has 7 heteroatoms. The Bertz CT molecular complexity index is 466. The van der Waals surface area contributed by atoms with E-state index in [2.05, 4.69) is 15.6 Å². The van der Waals surface area contributed by atoms with Gasteiger partial charge in [0.1, 0.15) is 0 Å². The molecule has 0 aromatic heterocycles. The second kappa shape index (κ2) is 10.7. The van der Waals surface area contributed by atoms with Crippen LogP contribution in [-0.4, -0.2) is 60.7 Å². The molecule has 2 N–H and O–H groups in total. The molecule has 1 aromatic rings. The molecular weight excluding hydrogens is 286 g/mol. The molecule has 0 heterocycles. The Morgan fingerprint density at radius 3 is 2.45 bits per heavy atom. The molecule has 0 spiro atoms. The van der Waals surface area contributed by atoms with Gasteiger partial charge >= 0.3 is 0 Å². The SMILES string of the molecule is CN=C(NCCOCCOC)Nc1ccc(OC)c(OC)c1. The fourth-order valence-corrected chi connectivity index (χ4v) is 1.72. The average molecular weight is 311 g/mol. The number of hydrogen-bond acceptors (Lipinski definition) is 5. The van der Waals surface area contributed by atoms with Crippen molar-refractivity contribution in [2.75, 3.05) is 60.1 Å². The third kappa shape index (κ3) is 6.19. The zero-order valence-electron chi connectivity index (χ0n) is 13.6. The number of methoxy groups -OCH3 is 3. The Morgan fingerprint density at radius 2 is 1.82 bits per heavy atom. The molecule has 1 rings (SSSR count). The number of rotatable bonds is 9. The van der Waals surface area contributed by atoms with Gasteiger partial charge in [-0.05, 0) is 12.1 Å². The fraction of sp³-hybridized carbons (Fsp3) is 0.533. The zero-order valence-corrected chi connectivity index (χ0v) is 13.6. The lowest BCUT2D eigenvalue weighted by Gasteiger charge is -2.14. The lowest BCUT2D eigenvalue weighted by molar-refractivity contribution is 0.0734. The van der Waals surface area contributed by atoms with Gasteiger partial charge in [-0.25, -0.2) is 0 Å². The Kier molecular flexibility index (Phi) is 8.78. The van der Waals surface area contributed by atoms with Crippen LogP contribution in [0.1, 0.15) is 0 Å². The van der Waals surface area contributed by atoms with Crippen LogP contribution >= 0.6 is 0 Å². The Hall–Kier alpha value is -1.99. The van der Waals surface area contributed by atoms with Crippen LogP contribution in [0.4, 0.5) is 5.69 Å². The summed E-state index contributed by atoms with van der Waals surface area (Å²) in [6, 6.07) is 5.58. The van der Waals surface area contributed by atoms with E-state index < -0.39 is 0 Å². The first-order valence-electron chi connectivity index (χ1n) is 7.01. The topological polar surface area (TPSA) is 73.3 Å². The summed E-state index contributed by atoms with van der Waals surface area (Å²) in [5, 5.41) is 6.34. The first kappa shape index (κ1) is 18.1. The monoisotopic (exact) mass is 311 g/mol. The molecule has 0 unspecified atom stereocenters. The van der Waals surface area contributed by atoms with Gasteiger partial charge in [-0.2, -0.15) is 0 Å². The van der Waals surface area contributed by atoms with Crippen LogP contribution in [0.25, 0.3) is 0 Å². The van der Waals surface area contributed by atoms with Gasteiger partial charge in [0.25, 0.3) is 0 Å². The van der Waals surface area contributed by atoms with Crippen LogP contribution in [0.5, 0.6) is 11.5 Å². The van der Waals surface area contributed by atoms with Crippen molar-refractivity contribution in [3.05, 3.63) is 18.2 Å². The van der Waals surface area contributed by atoms with Gasteiger partial charge in [0.2, 0.25) is 0 Å². The summed E-state index contributed by atoms with van der Waals surface area (Å²) < 4.78 is 20.8. The minimum Gasteiger partial charge on any atom is -0.493 e. The van der Waals surface area contributed by atoms with E-state index in [4.69, 9.17) is 18.9 Å². The van der Waals surface area contributed by atoms with Gasteiger partial charge in [0.05, 0.1) is 34.0 Å². The molecule has 0 atom stereocenters. The van der Waals surface area contributed by atoms with Gasteiger partial charge in [0, 0.05) is 32.5 Å². The number of nitrogens with zero attached hydrogens (tertiary/aromatic N) is 1. The van der Waals surface area contributed by atoms with Gasteiger partial charge < -0.3 is 29.6 Å². The van der Waals surface area contributed by atoms with E-state index in [9.17, 15) is 0 Å². The van der Waals surface area contributed by atoms with Crippen LogP contribution in [-0.2, 0) is 9.47 Å². The van der Waals surface area contributed by atoms with Gasteiger partial charge in [0.15, 0.2) is 17.5 Å². The van der Waals surface area contributed by atoms with Crippen molar-refractivity contribution in [2.24, 2.45) is 4.99 Å². The summed E-state index contributed by atoms with van der Waals surface area (Å²) in [6.07, 6.45) is 0. The molecule has 22 heavy (non-hydrogen) atoms. The van der Waals surface area contributed by atoms with E-state index >= 15 is 0 Å². The molecule has 0 saturated heterocycles. The van der Waals surface area contributed by atoms with Crippen LogP contribution in [0.2, 0.25) is 0 Å². The maximum Gasteiger partial charge on any atom is 0.195 e. The van der Waals surface area contributed by atoms with E-state index in [0.717, 1.165) is 5.69 Å². The van der Waals surface area contributed by atoms with Crippen molar-refractivity contribution in [3.8, 4) is 11.5 Å². The molecule has 0 fully saturated rings. The summed E-state index contributed by atoms with van der Waals surface area (Å²) in [6.45, 7) is 2.41. The number of ether oxygens (including phenoxy) is 4. The van der Waals surface area contributed by atoms with E-state index in [1.165, 1.54) is 0 Å². The maximum absolute atomic E-state index is 5.38. The molecule has 0 aliphatic carbocycles. The number of anilines is 1. The highest BCUT2D eigenvalue weighted by atomic mass is 16.5. The lowest BCUT2D eigenvalue weighted by Crippen LogP contribution is -2.33. The van der Waals surface area contributed by atoms with Gasteiger partial charge in [-0.1, -0.05) is 0 Å². The Labute approximate surface area is 131 Å². The third-order valence-electron chi connectivity index (χ3n) is 2.84. The Balaban J connectivity index is 2.46. The second-order valence-corrected chi connectivity index (χ2v) is 4.30. The molecule has 0 amide bonds. The van der Waals surface area contributed by atoms with Crippen molar-refractivity contribution in [3.63, 3.8) is 0 Å². The van der Waals surface area contributed by atoms with E-state index in [-0.39, 0.29) is 0 Å². The zero-order chi connectivity index (χ0) is 16.2. The highest BCUT2D eigenvalue weighted by Gasteiger charge is 2.06. The first-order chi connectivity index (χ1) is 10.7. The summed E-state index contributed by atoms with van der Waals surface area (Å²) >= 11 is 0. The predicted molar refractivity (Wildman–Crippen MR) is 87.2 cm³/mol. The number of guanidine groups is 1. The van der Waals surface area contributed by atoms with Crippen molar-refractivity contribution in [1.29, 1.82) is 0 Å². The lowest BCUT2D eigenvalue weighted by atomic mass is 10.3. The summed E-state index contributed by atoms with van der Waals surface area (Å²) in [4.78, 5) is 4.16. The van der Waals surface area contributed by atoms with Crippen molar-refractivity contribution < 1.29 is 18.9 Å². The molecule has 124 valence electrons. The highest BCUT2D eigenvalue weighted by molar-refractivity contribution is 5.93. The molecule has 0 aliphatic heterocycles. The largest absolute Gasteiger partial charge is 0.493 e. The molecule has 1 aromatic carbocycles. The number of hydrogen-bond donors (Lipinski definition) is 2. The maximum atomic E-state index is 5.38. The normalized spacial score (nSPS) is 11.2. The highest BCUT2D eigenvalue weighted by Crippen LogP contribution is 2.29. The van der Waals surface area contributed by atoms with E-state index in [1.54, 1.807) is 28.4 Å². The third-order valence-corrected chi connectivity index (χ3v) is 2.84. The average Bonchev–Trinajstić information content (AvgIpc) is 2.56. The first-order valence-corrected chi connectivity index (χ1v) is 7.01. The summed E-state index contributed by atoms with van der Waals surface area (Å²) in [7, 11) is 6.57. The van der Waals surface area contributed by atoms with E-state index in [1.807, 2.05) is 18.2 Å². The van der Waals surface area contributed by atoms with Crippen LogP contribution < -0.4 is 20.1 Å². The minimum atomic E-state index is 0.579. The van der Waals surface area contributed by atoms with Crippen LogP contribution in [0.3, 0.4) is 0 Å². The number of aliphatic imine (C=N–C) groups is 1. The van der Waals surface area contributed by atoms with Crippen molar-refractivity contribution in [2.45, 2.75) is 0 Å². The smallest absolute Gasteiger partial charge is 0.195 e. The fourth-order valence-electron chi connectivity index (χ4n) is 1.72. The van der Waals surface area contributed by atoms with Crippen molar-refractivity contribution in [1.82, 2.24) is 5.32 Å². The molecule has 0 saturated carbocycles. The molecule has 7 nitrogen and oxygen atoms in total. The number of nitrogens with one attached hydrogen (secondary N) is 2. The molecular formula is C15H25N3O4. The summed E-state index contributed by atoms with van der Waals surface area (Å²) in [5.41, 5.74) is 0.853. The quantitative estimate of drug-likeness (QED) is 0.407. The molecule has 0 radical (unpaired) electrons. The predicted octanol–water partition coefficient (Wildman–Crippen LogP) is 1.35. The number of benzene rings is 1. The summed E-state index contributed by atoms with van der Waals surface area (Å²) in [5.74, 6) is 2.00. The van der Waals surface area contributed by atoms with E-state index in [0.29, 0.717) is 43.8 Å². The minimum absolute atomic E-state index is 0.579. The van der Waals surface area contributed by atoms with Crippen molar-refractivity contribution >= 4 is 11.6 Å².